The van der Waals surface area contributed by atoms with Gasteiger partial charge in [-0.1, -0.05) is 41.9 Å². The first-order valence-corrected chi connectivity index (χ1v) is 8.14. The van der Waals surface area contributed by atoms with Crippen LogP contribution in [0.25, 0.3) is 16.9 Å². The van der Waals surface area contributed by atoms with E-state index in [0.29, 0.717) is 17.2 Å². The van der Waals surface area contributed by atoms with Gasteiger partial charge in [-0.25, -0.2) is 4.52 Å². The maximum absolute atomic E-state index is 11.9. The second-order valence-electron chi connectivity index (χ2n) is 5.84. The molecular formula is C17H15ClN4O2. The Morgan fingerprint density at radius 3 is 2.67 bits per heavy atom. The molecule has 2 heterocycles. The number of amides is 1. The molecule has 1 unspecified atom stereocenters. The lowest BCUT2D eigenvalue weighted by Crippen LogP contribution is -2.14. The highest BCUT2D eigenvalue weighted by molar-refractivity contribution is 6.19. The number of benzene rings is 1. The third-order valence-corrected chi connectivity index (χ3v) is 4.28. The van der Waals surface area contributed by atoms with Crippen LogP contribution in [0.4, 0.5) is 5.95 Å². The van der Waals surface area contributed by atoms with E-state index < -0.39 is 5.56 Å². The zero-order valence-electron chi connectivity index (χ0n) is 12.7. The molecule has 1 saturated carbocycles. The van der Waals surface area contributed by atoms with Gasteiger partial charge in [0.05, 0.1) is 5.69 Å². The largest absolute Gasteiger partial charge is 0.373 e. The summed E-state index contributed by atoms with van der Waals surface area (Å²) in [5, 5.41) is 16.6. The fourth-order valence-corrected chi connectivity index (χ4v) is 2.69. The molecule has 1 aliphatic rings. The Hall–Kier alpha value is -2.44. The van der Waals surface area contributed by atoms with E-state index in [1.165, 1.54) is 0 Å². The fourth-order valence-electron chi connectivity index (χ4n) is 2.55. The van der Waals surface area contributed by atoms with Gasteiger partial charge in [-0.15, -0.1) is 5.10 Å². The summed E-state index contributed by atoms with van der Waals surface area (Å²) in [4.78, 5) is 16.2. The molecular weight excluding hydrogens is 328 g/mol. The summed E-state index contributed by atoms with van der Waals surface area (Å²) >= 11 is 5.67. The molecule has 0 bridgehead atoms. The molecule has 24 heavy (non-hydrogen) atoms. The van der Waals surface area contributed by atoms with Gasteiger partial charge in [-0.3, -0.25) is 10.1 Å². The summed E-state index contributed by atoms with van der Waals surface area (Å²) in [6, 6.07) is 12.9. The van der Waals surface area contributed by atoms with Gasteiger partial charge in [0, 0.05) is 11.5 Å². The Bertz CT molecular complexity index is 901. The van der Waals surface area contributed by atoms with Crippen LogP contribution < -0.4 is 5.32 Å². The lowest BCUT2D eigenvalue weighted by molar-refractivity contribution is -0.117. The van der Waals surface area contributed by atoms with E-state index in [4.69, 9.17) is 11.6 Å². The van der Waals surface area contributed by atoms with Crippen molar-refractivity contribution in [3.05, 3.63) is 48.0 Å². The minimum Gasteiger partial charge on any atom is -0.373 e. The summed E-state index contributed by atoms with van der Waals surface area (Å²) in [7, 11) is 0. The first-order valence-electron chi connectivity index (χ1n) is 7.71. The summed E-state index contributed by atoms with van der Waals surface area (Å²) in [6.07, 6.45) is 1.87. The number of hydrogen-bond acceptors (Lipinski definition) is 4. The monoisotopic (exact) mass is 342 g/mol. The minimum atomic E-state index is -1.02. The van der Waals surface area contributed by atoms with Crippen LogP contribution in [-0.4, -0.2) is 25.6 Å². The molecule has 2 N–H and O–H groups in total. The first-order chi connectivity index (χ1) is 11.6. The van der Waals surface area contributed by atoms with Crippen LogP contribution in [0, 0.1) is 5.92 Å². The number of nitrogens with zero attached hydrogens (tertiary/aromatic N) is 3. The molecule has 122 valence electrons. The normalized spacial score (nSPS) is 15.4. The molecule has 0 spiro atoms. The van der Waals surface area contributed by atoms with Crippen LogP contribution in [0.1, 0.15) is 24.0 Å². The number of aliphatic hydroxyl groups excluding tert-OH is 1. The second kappa shape index (κ2) is 5.89. The van der Waals surface area contributed by atoms with E-state index in [2.05, 4.69) is 15.4 Å². The summed E-state index contributed by atoms with van der Waals surface area (Å²) in [5.74, 6) is 0.394. The van der Waals surface area contributed by atoms with Crippen LogP contribution in [-0.2, 0) is 4.79 Å². The fraction of sp³-hybridized carbons (Fsp3) is 0.235. The number of carbonyl (C=O) groups is 1. The van der Waals surface area contributed by atoms with Crippen LogP contribution in [0.3, 0.4) is 0 Å². The third-order valence-electron chi connectivity index (χ3n) is 4.02. The molecule has 7 heteroatoms. The summed E-state index contributed by atoms with van der Waals surface area (Å²) in [5.41, 5.74) is 2.00. The van der Waals surface area contributed by atoms with Crippen molar-refractivity contribution in [1.29, 1.82) is 0 Å². The van der Waals surface area contributed by atoms with Crippen LogP contribution in [0.2, 0.25) is 0 Å². The van der Waals surface area contributed by atoms with Gasteiger partial charge in [-0.2, -0.15) is 4.98 Å². The predicted molar refractivity (Wildman–Crippen MR) is 90.6 cm³/mol. The molecule has 1 aromatic carbocycles. The van der Waals surface area contributed by atoms with E-state index in [9.17, 15) is 9.90 Å². The van der Waals surface area contributed by atoms with Crippen LogP contribution in [0.5, 0.6) is 0 Å². The zero-order valence-corrected chi connectivity index (χ0v) is 13.4. The summed E-state index contributed by atoms with van der Waals surface area (Å²) < 4.78 is 1.69. The Balaban J connectivity index is 1.69. The van der Waals surface area contributed by atoms with Crippen molar-refractivity contribution in [2.75, 3.05) is 5.32 Å². The van der Waals surface area contributed by atoms with Gasteiger partial charge in [0.2, 0.25) is 11.9 Å². The predicted octanol–water partition coefficient (Wildman–Crippen LogP) is 2.97. The highest BCUT2D eigenvalue weighted by atomic mass is 35.5. The maximum atomic E-state index is 11.9. The standard InChI is InChI=1S/C17H15ClN4O2/c18-15(23)11-6-4-10(5-7-11)13-2-1-3-14-19-17(21-22(13)14)20-16(24)12-8-9-12/h1-7,12,15,23H,8-9H2,(H,20,21,24). The van der Waals surface area contributed by atoms with Gasteiger partial charge in [0.25, 0.3) is 0 Å². The molecule has 4 rings (SSSR count). The van der Waals surface area contributed by atoms with E-state index in [1.807, 2.05) is 30.3 Å². The van der Waals surface area contributed by atoms with Gasteiger partial charge in [0.15, 0.2) is 11.2 Å². The van der Waals surface area contributed by atoms with Crippen molar-refractivity contribution in [1.82, 2.24) is 14.6 Å². The molecule has 6 nitrogen and oxygen atoms in total. The van der Waals surface area contributed by atoms with Crippen molar-refractivity contribution in [2.24, 2.45) is 5.92 Å². The topological polar surface area (TPSA) is 79.5 Å². The molecule has 0 saturated heterocycles. The minimum absolute atomic E-state index is 0.0205. The molecule has 1 atom stereocenters. The number of carbonyl (C=O) groups excluding carboxylic acids is 1. The van der Waals surface area contributed by atoms with Crippen molar-refractivity contribution < 1.29 is 9.90 Å². The number of hydrogen-bond donors (Lipinski definition) is 2. The number of nitrogens with one attached hydrogen (secondary N) is 1. The quantitative estimate of drug-likeness (QED) is 0.714. The molecule has 2 aromatic heterocycles. The summed E-state index contributed by atoms with van der Waals surface area (Å²) in [6.45, 7) is 0. The number of pyridine rings is 1. The third kappa shape index (κ3) is 2.86. The lowest BCUT2D eigenvalue weighted by Gasteiger charge is -2.06. The Kier molecular flexibility index (Phi) is 3.70. The number of anilines is 1. The van der Waals surface area contributed by atoms with Crippen molar-refractivity contribution >= 4 is 29.1 Å². The number of rotatable bonds is 4. The van der Waals surface area contributed by atoms with Crippen molar-refractivity contribution in [3.8, 4) is 11.3 Å². The average Bonchev–Trinajstić information content (AvgIpc) is 3.35. The smallest absolute Gasteiger partial charge is 0.249 e. The highest BCUT2D eigenvalue weighted by Crippen LogP contribution is 2.30. The van der Waals surface area contributed by atoms with Crippen LogP contribution >= 0.6 is 11.6 Å². The van der Waals surface area contributed by atoms with E-state index in [0.717, 1.165) is 24.1 Å². The first kappa shape index (κ1) is 15.1. The molecule has 1 aliphatic carbocycles. The van der Waals surface area contributed by atoms with Crippen molar-refractivity contribution in [2.45, 2.75) is 18.4 Å². The number of halogens is 1. The Labute approximate surface area is 143 Å². The SMILES string of the molecule is O=C(Nc1nc2cccc(-c3ccc(C(O)Cl)cc3)n2n1)C1CC1. The van der Waals surface area contributed by atoms with Gasteiger partial charge in [-0.05, 0) is 30.5 Å². The number of aromatic nitrogens is 3. The van der Waals surface area contributed by atoms with Crippen molar-refractivity contribution in [3.63, 3.8) is 0 Å². The maximum Gasteiger partial charge on any atom is 0.249 e. The van der Waals surface area contributed by atoms with E-state index in [1.54, 1.807) is 16.6 Å². The highest BCUT2D eigenvalue weighted by Gasteiger charge is 2.30. The molecule has 3 aromatic rings. The molecule has 1 fully saturated rings. The number of alkyl halides is 1. The van der Waals surface area contributed by atoms with Gasteiger partial charge < -0.3 is 5.11 Å². The Morgan fingerprint density at radius 2 is 2.00 bits per heavy atom. The van der Waals surface area contributed by atoms with Crippen LogP contribution in [0.15, 0.2) is 42.5 Å². The van der Waals surface area contributed by atoms with Gasteiger partial charge >= 0.3 is 0 Å². The number of aliphatic hydroxyl groups is 1. The lowest BCUT2D eigenvalue weighted by atomic mass is 10.1. The number of fused-ring (bicyclic) bond motifs is 1. The van der Waals surface area contributed by atoms with E-state index in [-0.39, 0.29) is 11.8 Å². The average molecular weight is 343 g/mol. The molecule has 1 amide bonds. The second-order valence-corrected chi connectivity index (χ2v) is 6.25. The molecule has 0 aliphatic heterocycles. The Morgan fingerprint density at radius 1 is 1.25 bits per heavy atom. The zero-order chi connectivity index (χ0) is 16.7. The van der Waals surface area contributed by atoms with E-state index >= 15 is 0 Å². The van der Waals surface area contributed by atoms with Gasteiger partial charge in [0.1, 0.15) is 0 Å². The molecule has 0 radical (unpaired) electrons.